The number of para-hydroxylation sites is 1. The van der Waals surface area contributed by atoms with Crippen LogP contribution in [0.3, 0.4) is 0 Å². The van der Waals surface area contributed by atoms with Gasteiger partial charge in [0.05, 0.1) is 0 Å². The first kappa shape index (κ1) is 13.6. The van der Waals surface area contributed by atoms with Crippen LogP contribution in [0.5, 0.6) is 0 Å². The van der Waals surface area contributed by atoms with Crippen LogP contribution < -0.4 is 5.32 Å². The van der Waals surface area contributed by atoms with Crippen LogP contribution in [0, 0.1) is 6.92 Å². The predicted molar refractivity (Wildman–Crippen MR) is 76.2 cm³/mol. The summed E-state index contributed by atoms with van der Waals surface area (Å²) < 4.78 is 1.84. The zero-order valence-electron chi connectivity index (χ0n) is 11.0. The van der Waals surface area contributed by atoms with Crippen molar-refractivity contribution in [3.8, 4) is 0 Å². The number of carbonyl (C=O) groups is 1. The highest BCUT2D eigenvalue weighted by Crippen LogP contribution is 2.16. The molecule has 100 valence electrons. The lowest BCUT2D eigenvalue weighted by atomic mass is 10.2. The highest BCUT2D eigenvalue weighted by Gasteiger charge is 2.06. The Bertz CT molecular complexity index is 567. The lowest BCUT2D eigenvalue weighted by Crippen LogP contribution is -2.13. The number of hydrogen-bond acceptors (Lipinski definition) is 4. The molecule has 0 aliphatic heterocycles. The van der Waals surface area contributed by atoms with E-state index in [4.69, 9.17) is 0 Å². The van der Waals surface area contributed by atoms with Crippen molar-refractivity contribution in [2.45, 2.75) is 18.5 Å². The average Bonchev–Trinajstić information content (AvgIpc) is 2.78. The first-order valence-electron chi connectivity index (χ1n) is 5.99. The number of nitrogens with zero attached hydrogens (tertiary/aromatic N) is 3. The summed E-state index contributed by atoms with van der Waals surface area (Å²) in [7, 11) is 1.88. The number of carbonyl (C=O) groups excluding carboxylic acids is 1. The molecular weight excluding hydrogens is 260 g/mol. The van der Waals surface area contributed by atoms with E-state index in [1.54, 1.807) is 6.33 Å². The number of rotatable bonds is 5. The minimum absolute atomic E-state index is 0.0176. The van der Waals surface area contributed by atoms with Crippen molar-refractivity contribution in [2.75, 3.05) is 11.1 Å². The normalized spacial score (nSPS) is 10.4. The Balaban J connectivity index is 1.79. The highest BCUT2D eigenvalue weighted by atomic mass is 32.2. The fourth-order valence-corrected chi connectivity index (χ4v) is 2.39. The molecule has 0 atom stereocenters. The molecule has 2 aromatic rings. The third kappa shape index (κ3) is 3.82. The molecule has 0 fully saturated rings. The van der Waals surface area contributed by atoms with E-state index in [9.17, 15) is 4.79 Å². The van der Waals surface area contributed by atoms with E-state index in [1.807, 2.05) is 42.8 Å². The van der Waals surface area contributed by atoms with Crippen LogP contribution in [0.25, 0.3) is 0 Å². The van der Waals surface area contributed by atoms with Crippen molar-refractivity contribution in [2.24, 2.45) is 7.05 Å². The standard InChI is InChI=1S/C13H16N4OS/c1-10-5-3-4-6-11(10)15-12(18)7-8-19-13-16-14-9-17(13)2/h3-6,9H,7-8H2,1-2H3,(H,15,18). The van der Waals surface area contributed by atoms with Gasteiger partial charge in [-0.3, -0.25) is 4.79 Å². The first-order valence-corrected chi connectivity index (χ1v) is 6.97. The van der Waals surface area contributed by atoms with E-state index >= 15 is 0 Å². The van der Waals surface area contributed by atoms with Crippen molar-refractivity contribution in [3.05, 3.63) is 36.2 Å². The number of amides is 1. The van der Waals surface area contributed by atoms with Crippen molar-refractivity contribution in [3.63, 3.8) is 0 Å². The molecular formula is C13H16N4OS. The first-order chi connectivity index (χ1) is 9.16. The minimum atomic E-state index is 0.0176. The molecule has 2 rings (SSSR count). The minimum Gasteiger partial charge on any atom is -0.326 e. The zero-order chi connectivity index (χ0) is 13.7. The van der Waals surface area contributed by atoms with Crippen molar-refractivity contribution >= 4 is 23.4 Å². The zero-order valence-corrected chi connectivity index (χ0v) is 11.8. The molecule has 0 saturated heterocycles. The van der Waals surface area contributed by atoms with Gasteiger partial charge >= 0.3 is 0 Å². The summed E-state index contributed by atoms with van der Waals surface area (Å²) in [6.45, 7) is 1.98. The largest absolute Gasteiger partial charge is 0.326 e. The lowest BCUT2D eigenvalue weighted by Gasteiger charge is -2.07. The number of thioether (sulfide) groups is 1. The fraction of sp³-hybridized carbons (Fsp3) is 0.308. The molecule has 0 radical (unpaired) electrons. The second-order valence-electron chi connectivity index (χ2n) is 4.19. The van der Waals surface area contributed by atoms with Crippen LogP contribution in [0.15, 0.2) is 35.7 Å². The van der Waals surface area contributed by atoms with Gasteiger partial charge in [-0.2, -0.15) is 0 Å². The van der Waals surface area contributed by atoms with Gasteiger partial charge in [-0.05, 0) is 18.6 Å². The van der Waals surface area contributed by atoms with Crippen molar-refractivity contribution < 1.29 is 4.79 Å². The van der Waals surface area contributed by atoms with E-state index in [0.717, 1.165) is 16.4 Å². The molecule has 1 aromatic carbocycles. The Hall–Kier alpha value is -1.82. The molecule has 1 N–H and O–H groups in total. The van der Waals surface area contributed by atoms with Gasteiger partial charge in [-0.15, -0.1) is 10.2 Å². The SMILES string of the molecule is Cc1ccccc1NC(=O)CCSc1nncn1C. The summed E-state index contributed by atoms with van der Waals surface area (Å²) >= 11 is 1.53. The Morgan fingerprint density at radius 1 is 1.42 bits per heavy atom. The summed E-state index contributed by atoms with van der Waals surface area (Å²) in [5, 5.41) is 11.5. The Labute approximate surface area is 116 Å². The number of aromatic nitrogens is 3. The Kier molecular flexibility index (Phi) is 4.57. The topological polar surface area (TPSA) is 59.8 Å². The summed E-state index contributed by atoms with van der Waals surface area (Å²) in [6, 6.07) is 7.75. The van der Waals surface area contributed by atoms with Gasteiger partial charge in [-0.1, -0.05) is 30.0 Å². The molecule has 6 heteroatoms. The van der Waals surface area contributed by atoms with Gasteiger partial charge in [0.1, 0.15) is 6.33 Å². The fourth-order valence-electron chi connectivity index (χ4n) is 1.56. The molecule has 5 nitrogen and oxygen atoms in total. The van der Waals surface area contributed by atoms with Crippen LogP contribution in [0.2, 0.25) is 0 Å². The number of anilines is 1. The van der Waals surface area contributed by atoms with Gasteiger partial charge in [-0.25, -0.2) is 0 Å². The smallest absolute Gasteiger partial charge is 0.225 e. The van der Waals surface area contributed by atoms with Crippen LogP contribution in [-0.4, -0.2) is 26.4 Å². The molecule has 0 bridgehead atoms. The van der Waals surface area contributed by atoms with E-state index in [0.29, 0.717) is 12.2 Å². The predicted octanol–water partition coefficient (Wildman–Crippen LogP) is 2.24. The molecule has 0 aliphatic carbocycles. The number of aryl methyl sites for hydroxylation is 2. The van der Waals surface area contributed by atoms with Gasteiger partial charge < -0.3 is 9.88 Å². The van der Waals surface area contributed by atoms with Crippen LogP contribution in [-0.2, 0) is 11.8 Å². The third-order valence-corrected chi connectivity index (χ3v) is 3.69. The second-order valence-corrected chi connectivity index (χ2v) is 5.25. The van der Waals surface area contributed by atoms with Crippen LogP contribution >= 0.6 is 11.8 Å². The lowest BCUT2D eigenvalue weighted by molar-refractivity contribution is -0.115. The summed E-state index contributed by atoms with van der Waals surface area (Å²) in [6.07, 6.45) is 2.10. The molecule has 0 unspecified atom stereocenters. The van der Waals surface area contributed by atoms with Crippen molar-refractivity contribution in [1.82, 2.24) is 14.8 Å². The molecule has 0 spiro atoms. The maximum absolute atomic E-state index is 11.8. The maximum Gasteiger partial charge on any atom is 0.225 e. The molecule has 1 aromatic heterocycles. The molecule has 0 aliphatic rings. The molecule has 1 amide bonds. The molecule has 19 heavy (non-hydrogen) atoms. The third-order valence-electron chi connectivity index (χ3n) is 2.65. The Morgan fingerprint density at radius 2 is 2.21 bits per heavy atom. The van der Waals surface area contributed by atoms with Gasteiger partial charge in [0.15, 0.2) is 5.16 Å². The van der Waals surface area contributed by atoms with Gasteiger partial charge in [0.25, 0.3) is 0 Å². The average molecular weight is 276 g/mol. The number of nitrogens with one attached hydrogen (secondary N) is 1. The maximum atomic E-state index is 11.8. The number of benzene rings is 1. The number of hydrogen-bond donors (Lipinski definition) is 1. The highest BCUT2D eigenvalue weighted by molar-refractivity contribution is 7.99. The molecule has 1 heterocycles. The Morgan fingerprint density at radius 3 is 2.89 bits per heavy atom. The molecule has 0 saturated carbocycles. The van der Waals surface area contributed by atoms with E-state index in [2.05, 4.69) is 15.5 Å². The summed E-state index contributed by atoms with van der Waals surface area (Å²) in [4.78, 5) is 11.8. The monoisotopic (exact) mass is 276 g/mol. The summed E-state index contributed by atoms with van der Waals surface area (Å²) in [5.41, 5.74) is 1.94. The van der Waals surface area contributed by atoms with Crippen molar-refractivity contribution in [1.29, 1.82) is 0 Å². The van der Waals surface area contributed by atoms with Crippen LogP contribution in [0.1, 0.15) is 12.0 Å². The second kappa shape index (κ2) is 6.38. The van der Waals surface area contributed by atoms with E-state index in [1.165, 1.54) is 11.8 Å². The van der Waals surface area contributed by atoms with Gasteiger partial charge in [0, 0.05) is 24.9 Å². The van der Waals surface area contributed by atoms with E-state index < -0.39 is 0 Å². The van der Waals surface area contributed by atoms with Crippen LogP contribution in [0.4, 0.5) is 5.69 Å². The quantitative estimate of drug-likeness (QED) is 0.851. The van der Waals surface area contributed by atoms with E-state index in [-0.39, 0.29) is 5.91 Å². The summed E-state index contributed by atoms with van der Waals surface area (Å²) in [5.74, 6) is 0.702. The van der Waals surface area contributed by atoms with Gasteiger partial charge in [0.2, 0.25) is 5.91 Å².